The van der Waals surface area contributed by atoms with Crippen LogP contribution in [-0.2, 0) is 0 Å². The summed E-state index contributed by atoms with van der Waals surface area (Å²) in [5.74, 6) is 0.564. The Balaban J connectivity index is 3.08. The Kier molecular flexibility index (Phi) is 3.12. The highest BCUT2D eigenvalue weighted by Crippen LogP contribution is 2.22. The largest absolute Gasteiger partial charge is 0.490 e. The van der Waals surface area contributed by atoms with Crippen molar-refractivity contribution in [2.75, 3.05) is 5.73 Å². The molecule has 0 heterocycles. The van der Waals surface area contributed by atoms with Crippen molar-refractivity contribution in [2.45, 2.75) is 26.9 Å². The zero-order chi connectivity index (χ0) is 10.7. The number of ketones is 1. The average Bonchev–Trinajstić information content (AvgIpc) is 2.07. The number of rotatable bonds is 3. The lowest BCUT2D eigenvalue weighted by molar-refractivity contribution is 0.101. The number of ether oxygens (including phenoxy) is 1. The minimum Gasteiger partial charge on any atom is -0.490 e. The second kappa shape index (κ2) is 4.13. The van der Waals surface area contributed by atoms with E-state index >= 15 is 0 Å². The van der Waals surface area contributed by atoms with Crippen LogP contribution in [0.3, 0.4) is 0 Å². The van der Waals surface area contributed by atoms with Crippen LogP contribution in [0.25, 0.3) is 0 Å². The van der Waals surface area contributed by atoms with Gasteiger partial charge in [0.25, 0.3) is 0 Å². The molecule has 0 aliphatic carbocycles. The molecule has 1 aromatic carbocycles. The quantitative estimate of drug-likeness (QED) is 0.591. The van der Waals surface area contributed by atoms with Crippen LogP contribution in [0, 0.1) is 0 Å². The fourth-order valence-corrected chi connectivity index (χ4v) is 1.18. The van der Waals surface area contributed by atoms with E-state index in [9.17, 15) is 4.79 Å². The van der Waals surface area contributed by atoms with Crippen molar-refractivity contribution < 1.29 is 9.53 Å². The van der Waals surface area contributed by atoms with Gasteiger partial charge in [-0.05, 0) is 39.0 Å². The van der Waals surface area contributed by atoms with E-state index in [0.717, 1.165) is 0 Å². The molecule has 0 saturated heterocycles. The van der Waals surface area contributed by atoms with Gasteiger partial charge in [-0.3, -0.25) is 4.79 Å². The molecule has 1 rings (SSSR count). The van der Waals surface area contributed by atoms with Crippen LogP contribution in [0.5, 0.6) is 5.75 Å². The molecule has 14 heavy (non-hydrogen) atoms. The molecule has 0 fully saturated rings. The van der Waals surface area contributed by atoms with Gasteiger partial charge in [-0.15, -0.1) is 0 Å². The monoisotopic (exact) mass is 193 g/mol. The van der Waals surface area contributed by atoms with Crippen molar-refractivity contribution in [3.05, 3.63) is 23.8 Å². The first-order valence-electron chi connectivity index (χ1n) is 4.58. The fraction of sp³-hybridized carbons (Fsp3) is 0.364. The average molecular weight is 193 g/mol. The van der Waals surface area contributed by atoms with E-state index in [-0.39, 0.29) is 11.9 Å². The summed E-state index contributed by atoms with van der Waals surface area (Å²) in [6.45, 7) is 5.34. The molecule has 0 atom stereocenters. The van der Waals surface area contributed by atoms with Gasteiger partial charge in [-0.2, -0.15) is 0 Å². The first-order chi connectivity index (χ1) is 6.50. The number of benzene rings is 1. The maximum atomic E-state index is 11.3. The molecular formula is C11H15NO2. The van der Waals surface area contributed by atoms with E-state index in [1.807, 2.05) is 13.8 Å². The molecular weight excluding hydrogens is 178 g/mol. The molecule has 1 aromatic rings. The number of Topliss-reactive ketones (excluding diaryl/α,β-unsaturated/α-hetero) is 1. The molecule has 3 nitrogen and oxygen atoms in total. The topological polar surface area (TPSA) is 52.3 Å². The van der Waals surface area contributed by atoms with Crippen molar-refractivity contribution in [1.82, 2.24) is 0 Å². The van der Waals surface area contributed by atoms with Gasteiger partial charge in [0.05, 0.1) is 11.7 Å². The Bertz CT molecular complexity index is 345. The molecule has 0 radical (unpaired) electrons. The van der Waals surface area contributed by atoms with Crippen LogP contribution in [0.4, 0.5) is 5.69 Å². The zero-order valence-corrected chi connectivity index (χ0v) is 8.70. The summed E-state index contributed by atoms with van der Waals surface area (Å²) >= 11 is 0. The van der Waals surface area contributed by atoms with Gasteiger partial charge in [0, 0.05) is 5.69 Å². The SMILES string of the molecule is CC(=O)c1cc(N)ccc1OC(C)C. The van der Waals surface area contributed by atoms with E-state index in [1.54, 1.807) is 18.2 Å². The van der Waals surface area contributed by atoms with E-state index in [2.05, 4.69) is 0 Å². The van der Waals surface area contributed by atoms with Gasteiger partial charge >= 0.3 is 0 Å². The Morgan fingerprint density at radius 3 is 2.57 bits per heavy atom. The predicted octanol–water partition coefficient (Wildman–Crippen LogP) is 2.26. The summed E-state index contributed by atoms with van der Waals surface area (Å²) in [5, 5.41) is 0. The Labute approximate surface area is 83.9 Å². The normalized spacial score (nSPS) is 10.3. The third-order valence-corrected chi connectivity index (χ3v) is 1.75. The summed E-state index contributed by atoms with van der Waals surface area (Å²) in [6, 6.07) is 5.09. The van der Waals surface area contributed by atoms with Crippen LogP contribution in [-0.4, -0.2) is 11.9 Å². The summed E-state index contributed by atoms with van der Waals surface area (Å²) in [5.41, 5.74) is 6.70. The number of carbonyl (C=O) groups excluding carboxylic acids is 1. The van der Waals surface area contributed by atoms with E-state index < -0.39 is 0 Å². The highest BCUT2D eigenvalue weighted by Gasteiger charge is 2.09. The van der Waals surface area contributed by atoms with Crippen LogP contribution in [0.15, 0.2) is 18.2 Å². The molecule has 0 aromatic heterocycles. The third-order valence-electron chi connectivity index (χ3n) is 1.75. The first kappa shape index (κ1) is 10.6. The maximum Gasteiger partial charge on any atom is 0.163 e. The van der Waals surface area contributed by atoms with E-state index in [4.69, 9.17) is 10.5 Å². The first-order valence-corrected chi connectivity index (χ1v) is 4.58. The number of nitrogen functional groups attached to an aromatic ring is 1. The van der Waals surface area contributed by atoms with E-state index in [1.165, 1.54) is 6.92 Å². The molecule has 2 N–H and O–H groups in total. The van der Waals surface area contributed by atoms with Gasteiger partial charge in [-0.25, -0.2) is 0 Å². The number of carbonyl (C=O) groups is 1. The molecule has 0 spiro atoms. The summed E-state index contributed by atoms with van der Waals surface area (Å²) in [4.78, 5) is 11.3. The minimum atomic E-state index is -0.0343. The van der Waals surface area contributed by atoms with Crippen molar-refractivity contribution in [1.29, 1.82) is 0 Å². The Morgan fingerprint density at radius 1 is 1.43 bits per heavy atom. The standard InChI is InChI=1S/C11H15NO2/c1-7(2)14-11-5-4-9(12)6-10(11)8(3)13/h4-7H,12H2,1-3H3. The van der Waals surface area contributed by atoms with Crippen molar-refractivity contribution >= 4 is 11.5 Å². The van der Waals surface area contributed by atoms with Gasteiger partial charge in [0.2, 0.25) is 0 Å². The van der Waals surface area contributed by atoms with Crippen LogP contribution >= 0.6 is 0 Å². The lowest BCUT2D eigenvalue weighted by Crippen LogP contribution is -2.09. The fourth-order valence-electron chi connectivity index (χ4n) is 1.18. The summed E-state index contributed by atoms with van der Waals surface area (Å²) < 4.78 is 5.49. The van der Waals surface area contributed by atoms with Gasteiger partial charge < -0.3 is 10.5 Å². The van der Waals surface area contributed by atoms with Crippen LogP contribution in [0.2, 0.25) is 0 Å². The van der Waals surface area contributed by atoms with Crippen molar-refractivity contribution in [2.24, 2.45) is 0 Å². The smallest absolute Gasteiger partial charge is 0.163 e. The molecule has 0 amide bonds. The molecule has 0 saturated carbocycles. The minimum absolute atomic E-state index is 0.0343. The molecule has 3 heteroatoms. The van der Waals surface area contributed by atoms with Gasteiger partial charge in [0.15, 0.2) is 5.78 Å². The predicted molar refractivity (Wildman–Crippen MR) is 56.6 cm³/mol. The highest BCUT2D eigenvalue weighted by molar-refractivity contribution is 5.97. The Morgan fingerprint density at radius 2 is 2.07 bits per heavy atom. The molecule has 76 valence electrons. The summed E-state index contributed by atoms with van der Waals surface area (Å²) in [6.07, 6.45) is 0.0525. The van der Waals surface area contributed by atoms with E-state index in [0.29, 0.717) is 17.0 Å². The number of nitrogens with two attached hydrogens (primary N) is 1. The molecule has 0 bridgehead atoms. The zero-order valence-electron chi connectivity index (χ0n) is 8.70. The lowest BCUT2D eigenvalue weighted by Gasteiger charge is -2.13. The number of hydrogen-bond acceptors (Lipinski definition) is 3. The van der Waals surface area contributed by atoms with Crippen LogP contribution < -0.4 is 10.5 Å². The molecule has 0 unspecified atom stereocenters. The summed E-state index contributed by atoms with van der Waals surface area (Å²) in [7, 11) is 0. The molecule has 0 aliphatic heterocycles. The third kappa shape index (κ3) is 2.49. The maximum absolute atomic E-state index is 11.3. The van der Waals surface area contributed by atoms with Gasteiger partial charge in [-0.1, -0.05) is 0 Å². The molecule has 0 aliphatic rings. The lowest BCUT2D eigenvalue weighted by atomic mass is 10.1. The van der Waals surface area contributed by atoms with Crippen molar-refractivity contribution in [3.8, 4) is 5.75 Å². The number of hydrogen-bond donors (Lipinski definition) is 1. The Hall–Kier alpha value is -1.51. The van der Waals surface area contributed by atoms with Gasteiger partial charge in [0.1, 0.15) is 5.75 Å². The second-order valence-electron chi connectivity index (χ2n) is 3.48. The number of anilines is 1. The highest BCUT2D eigenvalue weighted by atomic mass is 16.5. The second-order valence-corrected chi connectivity index (χ2v) is 3.48. The van der Waals surface area contributed by atoms with Crippen LogP contribution in [0.1, 0.15) is 31.1 Å². The van der Waals surface area contributed by atoms with Crippen molar-refractivity contribution in [3.63, 3.8) is 0 Å².